The topological polar surface area (TPSA) is 90.9 Å². The van der Waals surface area contributed by atoms with Gasteiger partial charge in [0.2, 0.25) is 0 Å². The van der Waals surface area contributed by atoms with Crippen LogP contribution in [0.4, 0.5) is 0 Å². The minimum Gasteiger partial charge on any atom is -0.497 e. The van der Waals surface area contributed by atoms with E-state index >= 15 is 0 Å². The summed E-state index contributed by atoms with van der Waals surface area (Å²) in [5, 5.41) is 3.79. The maximum absolute atomic E-state index is 14.1. The van der Waals surface area contributed by atoms with Crippen molar-refractivity contribution in [1.82, 2.24) is 5.32 Å². The molecule has 2 aliphatic rings. The predicted molar refractivity (Wildman–Crippen MR) is 130 cm³/mol. The summed E-state index contributed by atoms with van der Waals surface area (Å²) in [5.41, 5.74) is 3.44. The highest BCUT2D eigenvalue weighted by Crippen LogP contribution is 2.48. The van der Waals surface area contributed by atoms with Crippen LogP contribution in [0.15, 0.2) is 71.1 Å². The van der Waals surface area contributed by atoms with Crippen molar-refractivity contribution in [3.8, 4) is 5.75 Å². The van der Waals surface area contributed by atoms with Crippen LogP contribution >= 0.6 is 11.6 Å². The number of rotatable bonds is 5. The molecule has 0 amide bonds. The Morgan fingerprint density at radius 2 is 1.57 bits per heavy atom. The molecule has 0 fully saturated rings. The van der Waals surface area contributed by atoms with E-state index in [1.807, 2.05) is 12.1 Å². The van der Waals surface area contributed by atoms with E-state index in [0.29, 0.717) is 45.3 Å². The van der Waals surface area contributed by atoms with Gasteiger partial charge in [0.05, 0.1) is 26.9 Å². The number of hydrogen-bond donors (Lipinski definition) is 1. The lowest BCUT2D eigenvalue weighted by Crippen LogP contribution is -2.43. The molecule has 35 heavy (non-hydrogen) atoms. The predicted octanol–water partition coefficient (Wildman–Crippen LogP) is 4.28. The first kappa shape index (κ1) is 24.5. The van der Waals surface area contributed by atoms with Gasteiger partial charge in [0.25, 0.3) is 0 Å². The minimum atomic E-state index is -1.07. The van der Waals surface area contributed by atoms with Crippen molar-refractivity contribution in [3.05, 3.63) is 87.2 Å². The van der Waals surface area contributed by atoms with Gasteiger partial charge in [0.1, 0.15) is 11.7 Å². The van der Waals surface area contributed by atoms with Gasteiger partial charge in [0, 0.05) is 33.8 Å². The zero-order chi connectivity index (χ0) is 25.3. The summed E-state index contributed by atoms with van der Waals surface area (Å²) in [5.74, 6) is -3.13. The number of ether oxygens (including phenoxy) is 3. The van der Waals surface area contributed by atoms with Gasteiger partial charge >= 0.3 is 11.9 Å². The monoisotopic (exact) mass is 495 g/mol. The molecule has 1 N–H and O–H groups in total. The summed E-state index contributed by atoms with van der Waals surface area (Å²) in [4.78, 5) is 39.9. The highest BCUT2D eigenvalue weighted by atomic mass is 35.5. The molecule has 1 heterocycles. The third-order valence-electron chi connectivity index (χ3n) is 6.63. The van der Waals surface area contributed by atoms with Crippen LogP contribution < -0.4 is 10.1 Å². The van der Waals surface area contributed by atoms with Crippen LogP contribution in [0.2, 0.25) is 5.02 Å². The fourth-order valence-electron chi connectivity index (χ4n) is 4.97. The molecule has 0 spiro atoms. The van der Waals surface area contributed by atoms with Gasteiger partial charge in [-0.3, -0.25) is 9.59 Å². The molecule has 2 aromatic carbocycles. The van der Waals surface area contributed by atoms with Crippen LogP contribution in [0, 0.1) is 5.92 Å². The van der Waals surface area contributed by atoms with Gasteiger partial charge in [-0.05, 0) is 48.7 Å². The molecule has 8 heteroatoms. The Labute approximate surface area is 208 Å². The molecule has 0 saturated carbocycles. The number of dihydropyridines is 1. The van der Waals surface area contributed by atoms with Crippen molar-refractivity contribution in [2.24, 2.45) is 5.92 Å². The SMILES string of the molecule is COC(=O)C1=C(C)NC2=C(C(=O)[C@H](C(=O)OC)[C@@H](c3ccc(OC)cc3)C2)[C@@H]1c1ccc(Cl)cc1. The number of benzene rings is 2. The lowest BCUT2D eigenvalue weighted by atomic mass is 9.67. The largest absolute Gasteiger partial charge is 0.497 e. The van der Waals surface area contributed by atoms with Gasteiger partial charge < -0.3 is 19.5 Å². The Hall–Kier alpha value is -3.58. The number of methoxy groups -OCH3 is 3. The Morgan fingerprint density at radius 3 is 2.14 bits per heavy atom. The van der Waals surface area contributed by atoms with Crippen molar-refractivity contribution in [3.63, 3.8) is 0 Å². The zero-order valence-electron chi connectivity index (χ0n) is 19.9. The summed E-state index contributed by atoms with van der Waals surface area (Å²) in [6.07, 6.45) is 0.378. The van der Waals surface area contributed by atoms with Crippen LogP contribution in [-0.4, -0.2) is 39.1 Å². The van der Waals surface area contributed by atoms with Crippen molar-refractivity contribution < 1.29 is 28.6 Å². The molecule has 1 aliphatic heterocycles. The van der Waals surface area contributed by atoms with Crippen molar-refractivity contribution in [1.29, 1.82) is 0 Å². The van der Waals surface area contributed by atoms with Crippen LogP contribution in [-0.2, 0) is 23.9 Å². The van der Waals surface area contributed by atoms with E-state index < -0.39 is 29.7 Å². The lowest BCUT2D eigenvalue weighted by molar-refractivity contribution is -0.150. The highest BCUT2D eigenvalue weighted by Gasteiger charge is 2.48. The second-order valence-electron chi connectivity index (χ2n) is 8.48. The van der Waals surface area contributed by atoms with E-state index in [1.54, 1.807) is 50.4 Å². The lowest BCUT2D eigenvalue weighted by Gasteiger charge is -2.39. The summed E-state index contributed by atoms with van der Waals surface area (Å²) < 4.78 is 15.4. The second-order valence-corrected chi connectivity index (χ2v) is 8.92. The third-order valence-corrected chi connectivity index (χ3v) is 6.88. The van der Waals surface area contributed by atoms with Crippen molar-refractivity contribution in [2.45, 2.75) is 25.2 Å². The maximum Gasteiger partial charge on any atom is 0.336 e. The standard InChI is InChI=1S/C27H26ClNO6/c1-14-21(26(31)34-3)22(16-5-9-17(28)10-6-16)24-20(29-14)13-19(23(25(24)30)27(32)35-4)15-7-11-18(33-2)12-8-15/h5-12,19,22-23,29H,13H2,1-4H3/t19-,22-,23-/m1/s1. The first-order valence-corrected chi connectivity index (χ1v) is 11.5. The Kier molecular flexibility index (Phi) is 6.98. The van der Waals surface area contributed by atoms with E-state index in [-0.39, 0.29) is 5.78 Å². The number of nitrogens with one attached hydrogen (secondary N) is 1. The summed E-state index contributed by atoms with van der Waals surface area (Å²) in [6, 6.07) is 14.2. The molecule has 2 aromatic rings. The van der Waals surface area contributed by atoms with Gasteiger partial charge in [0.15, 0.2) is 5.78 Å². The third kappa shape index (κ3) is 4.44. The first-order chi connectivity index (χ1) is 16.8. The number of halogens is 1. The number of esters is 2. The molecule has 7 nitrogen and oxygen atoms in total. The van der Waals surface area contributed by atoms with Crippen LogP contribution in [0.25, 0.3) is 0 Å². The molecule has 0 saturated heterocycles. The number of carbonyl (C=O) groups is 3. The normalized spacial score (nSPS) is 21.7. The fraction of sp³-hybridized carbons (Fsp3) is 0.296. The minimum absolute atomic E-state index is 0.313. The van der Waals surface area contributed by atoms with Gasteiger partial charge in [-0.15, -0.1) is 0 Å². The molecule has 182 valence electrons. The molecule has 4 rings (SSSR count). The summed E-state index contributed by atoms with van der Waals surface area (Å²) in [6.45, 7) is 1.78. The highest BCUT2D eigenvalue weighted by molar-refractivity contribution is 6.30. The average molecular weight is 496 g/mol. The van der Waals surface area contributed by atoms with Crippen LogP contribution in [0.1, 0.15) is 36.3 Å². The molecular weight excluding hydrogens is 470 g/mol. The van der Waals surface area contributed by atoms with E-state index in [4.69, 9.17) is 25.8 Å². The first-order valence-electron chi connectivity index (χ1n) is 11.1. The summed E-state index contributed by atoms with van der Waals surface area (Å²) in [7, 11) is 4.14. The van der Waals surface area contributed by atoms with Crippen molar-refractivity contribution >= 4 is 29.3 Å². The van der Waals surface area contributed by atoms with E-state index in [9.17, 15) is 14.4 Å². The van der Waals surface area contributed by atoms with Crippen LogP contribution in [0.3, 0.4) is 0 Å². The maximum atomic E-state index is 14.1. The van der Waals surface area contributed by atoms with Gasteiger partial charge in [-0.25, -0.2) is 4.79 Å². The summed E-state index contributed by atoms with van der Waals surface area (Å²) >= 11 is 6.10. The molecule has 0 unspecified atom stereocenters. The smallest absolute Gasteiger partial charge is 0.336 e. The second kappa shape index (κ2) is 9.96. The zero-order valence-corrected chi connectivity index (χ0v) is 20.6. The number of allylic oxidation sites excluding steroid dienone is 3. The number of carbonyl (C=O) groups excluding carboxylic acids is 3. The van der Waals surface area contributed by atoms with E-state index in [0.717, 1.165) is 5.56 Å². The Morgan fingerprint density at radius 1 is 0.943 bits per heavy atom. The van der Waals surface area contributed by atoms with E-state index in [1.165, 1.54) is 14.2 Å². The Balaban J connectivity index is 1.88. The van der Waals surface area contributed by atoms with Crippen LogP contribution in [0.5, 0.6) is 5.75 Å². The molecular formula is C27H26ClNO6. The fourth-order valence-corrected chi connectivity index (χ4v) is 5.09. The Bertz CT molecular complexity index is 1230. The van der Waals surface area contributed by atoms with Gasteiger partial charge in [-0.1, -0.05) is 35.9 Å². The number of ketones is 1. The quantitative estimate of drug-likeness (QED) is 0.489. The number of hydrogen-bond acceptors (Lipinski definition) is 7. The molecule has 3 atom stereocenters. The number of Topliss-reactive ketones (excluding diaryl/α,β-unsaturated/α-hetero) is 1. The van der Waals surface area contributed by atoms with E-state index in [2.05, 4.69) is 5.32 Å². The molecule has 0 bridgehead atoms. The average Bonchev–Trinajstić information content (AvgIpc) is 2.87. The molecule has 1 aliphatic carbocycles. The molecule has 0 radical (unpaired) electrons. The molecule has 0 aromatic heterocycles. The van der Waals surface area contributed by atoms with Crippen molar-refractivity contribution in [2.75, 3.05) is 21.3 Å². The van der Waals surface area contributed by atoms with Gasteiger partial charge in [-0.2, -0.15) is 0 Å².